The first-order chi connectivity index (χ1) is 18.9. The van der Waals surface area contributed by atoms with E-state index in [0.29, 0.717) is 23.1 Å². The van der Waals surface area contributed by atoms with Gasteiger partial charge in [-0.2, -0.15) is 0 Å². The highest BCUT2D eigenvalue weighted by Gasteiger charge is 2.41. The molecule has 2 N–H and O–H groups in total. The molecule has 4 aromatic rings. The van der Waals surface area contributed by atoms with E-state index in [1.807, 2.05) is 43.3 Å². The van der Waals surface area contributed by atoms with Gasteiger partial charge in [0.05, 0.1) is 30.6 Å². The summed E-state index contributed by atoms with van der Waals surface area (Å²) in [6.45, 7) is 4.48. The van der Waals surface area contributed by atoms with Crippen molar-refractivity contribution >= 4 is 28.9 Å². The standard InChI is InChI=1S/C30H30FN5O2S/c1-19-18-23(20(2)36(19)22-13-11-21(31)12-14-22)29-28(25-9-6-7-16-32-25)34-30(39)35(29)17-15-27(37)33-24-8-4-5-10-26(24)38-3/h4-14,16,18,28-29H,15,17H2,1-3H3,(H,33,37)(H,34,39)/t28-,29-/m1/s1. The maximum atomic E-state index is 13.6. The summed E-state index contributed by atoms with van der Waals surface area (Å²) in [5.74, 6) is 0.184. The third-order valence-corrected chi connectivity index (χ3v) is 7.38. The molecule has 0 bridgehead atoms. The van der Waals surface area contributed by atoms with Gasteiger partial charge in [0.2, 0.25) is 5.91 Å². The molecule has 2 atom stereocenters. The predicted molar refractivity (Wildman–Crippen MR) is 154 cm³/mol. The van der Waals surface area contributed by atoms with Gasteiger partial charge < -0.3 is 24.8 Å². The maximum absolute atomic E-state index is 13.6. The second-order valence-corrected chi connectivity index (χ2v) is 9.84. The fourth-order valence-corrected chi connectivity index (χ4v) is 5.57. The molecule has 7 nitrogen and oxygen atoms in total. The highest BCUT2D eigenvalue weighted by Crippen LogP contribution is 2.41. The van der Waals surface area contributed by atoms with Crippen LogP contribution in [0.25, 0.3) is 5.69 Å². The number of carbonyl (C=O) groups is 1. The van der Waals surface area contributed by atoms with Crippen molar-refractivity contribution in [3.63, 3.8) is 0 Å². The lowest BCUT2D eigenvalue weighted by Gasteiger charge is -2.28. The average Bonchev–Trinajstić information content (AvgIpc) is 3.43. The summed E-state index contributed by atoms with van der Waals surface area (Å²) in [6, 6.07) is 21.3. The molecule has 200 valence electrons. The summed E-state index contributed by atoms with van der Waals surface area (Å²) in [4.78, 5) is 19.6. The minimum absolute atomic E-state index is 0.140. The van der Waals surface area contributed by atoms with E-state index in [1.54, 1.807) is 31.5 Å². The van der Waals surface area contributed by atoms with Crippen molar-refractivity contribution in [2.24, 2.45) is 0 Å². The molecular weight excluding hydrogens is 513 g/mol. The number of amides is 1. The number of nitrogens with zero attached hydrogens (tertiary/aromatic N) is 3. The summed E-state index contributed by atoms with van der Waals surface area (Å²) >= 11 is 5.79. The minimum Gasteiger partial charge on any atom is -0.495 e. The molecule has 39 heavy (non-hydrogen) atoms. The quantitative estimate of drug-likeness (QED) is 0.281. The Morgan fingerprint density at radius 1 is 1.10 bits per heavy atom. The van der Waals surface area contributed by atoms with Gasteiger partial charge in [0, 0.05) is 36.2 Å². The van der Waals surface area contributed by atoms with Crippen LogP contribution in [0.4, 0.5) is 10.1 Å². The zero-order valence-corrected chi connectivity index (χ0v) is 22.8. The van der Waals surface area contributed by atoms with Crippen LogP contribution in [0.15, 0.2) is 79.0 Å². The Morgan fingerprint density at radius 2 is 1.85 bits per heavy atom. The molecule has 2 aromatic heterocycles. The minimum atomic E-state index is -0.278. The summed E-state index contributed by atoms with van der Waals surface area (Å²) in [6.07, 6.45) is 1.99. The smallest absolute Gasteiger partial charge is 0.226 e. The third kappa shape index (κ3) is 5.35. The fourth-order valence-electron chi connectivity index (χ4n) is 5.24. The van der Waals surface area contributed by atoms with Crippen LogP contribution in [0.2, 0.25) is 0 Å². The number of aryl methyl sites for hydroxylation is 1. The molecule has 1 aliphatic rings. The van der Waals surface area contributed by atoms with Crippen LogP contribution in [0.5, 0.6) is 5.75 Å². The van der Waals surface area contributed by atoms with Crippen molar-refractivity contribution < 1.29 is 13.9 Å². The number of pyridine rings is 1. The van der Waals surface area contributed by atoms with Gasteiger partial charge in [0.1, 0.15) is 11.6 Å². The largest absolute Gasteiger partial charge is 0.495 e. The average molecular weight is 544 g/mol. The van der Waals surface area contributed by atoms with Crippen LogP contribution in [0.3, 0.4) is 0 Å². The van der Waals surface area contributed by atoms with Crippen LogP contribution >= 0.6 is 12.2 Å². The number of thiocarbonyl (C=S) groups is 1. The number of ether oxygens (including phenoxy) is 1. The van der Waals surface area contributed by atoms with E-state index in [4.69, 9.17) is 17.0 Å². The van der Waals surface area contributed by atoms with Gasteiger partial charge in [-0.25, -0.2) is 4.39 Å². The van der Waals surface area contributed by atoms with E-state index < -0.39 is 0 Å². The lowest BCUT2D eigenvalue weighted by molar-refractivity contribution is -0.116. The van der Waals surface area contributed by atoms with Crippen molar-refractivity contribution in [3.05, 3.63) is 107 Å². The van der Waals surface area contributed by atoms with E-state index >= 15 is 0 Å². The predicted octanol–water partition coefficient (Wildman–Crippen LogP) is 5.64. The maximum Gasteiger partial charge on any atom is 0.226 e. The number of anilines is 1. The number of halogens is 1. The highest BCUT2D eigenvalue weighted by molar-refractivity contribution is 7.80. The molecule has 0 saturated carbocycles. The lowest BCUT2D eigenvalue weighted by atomic mass is 9.96. The third-order valence-electron chi connectivity index (χ3n) is 7.03. The van der Waals surface area contributed by atoms with Crippen LogP contribution in [-0.4, -0.2) is 39.1 Å². The lowest BCUT2D eigenvalue weighted by Crippen LogP contribution is -2.33. The topological polar surface area (TPSA) is 71.4 Å². The number of aromatic nitrogens is 2. The molecule has 3 heterocycles. The molecule has 9 heteroatoms. The second kappa shape index (κ2) is 11.2. The van der Waals surface area contributed by atoms with E-state index in [9.17, 15) is 9.18 Å². The van der Waals surface area contributed by atoms with Crippen LogP contribution in [-0.2, 0) is 4.79 Å². The SMILES string of the molecule is COc1ccccc1NC(=O)CCN1C(=S)N[C@H](c2ccccn2)[C@H]1c1cc(C)n(-c2ccc(F)cc2)c1C. The van der Waals surface area contributed by atoms with Crippen LogP contribution in [0.1, 0.15) is 41.1 Å². The summed E-state index contributed by atoms with van der Waals surface area (Å²) in [5, 5.41) is 6.96. The molecule has 1 aliphatic heterocycles. The van der Waals surface area contributed by atoms with Crippen molar-refractivity contribution in [3.8, 4) is 11.4 Å². The first-order valence-corrected chi connectivity index (χ1v) is 13.1. The van der Waals surface area contributed by atoms with Gasteiger partial charge in [-0.1, -0.05) is 18.2 Å². The Morgan fingerprint density at radius 3 is 2.56 bits per heavy atom. The Hall–Kier alpha value is -4.24. The van der Waals surface area contributed by atoms with Crippen molar-refractivity contribution in [2.75, 3.05) is 19.0 Å². The van der Waals surface area contributed by atoms with E-state index in [2.05, 4.69) is 38.1 Å². The molecule has 5 rings (SSSR count). The van der Waals surface area contributed by atoms with Crippen molar-refractivity contribution in [2.45, 2.75) is 32.4 Å². The van der Waals surface area contributed by atoms with Crippen LogP contribution < -0.4 is 15.4 Å². The van der Waals surface area contributed by atoms with Gasteiger partial charge in [-0.15, -0.1) is 0 Å². The molecule has 1 saturated heterocycles. The number of benzene rings is 2. The first kappa shape index (κ1) is 26.4. The van der Waals surface area contributed by atoms with Gasteiger partial charge >= 0.3 is 0 Å². The first-order valence-electron chi connectivity index (χ1n) is 12.7. The summed E-state index contributed by atoms with van der Waals surface area (Å²) in [5.41, 5.74) is 5.45. The monoisotopic (exact) mass is 543 g/mol. The number of hydrogen-bond acceptors (Lipinski definition) is 4. The van der Waals surface area contributed by atoms with Crippen molar-refractivity contribution in [1.29, 1.82) is 0 Å². The molecule has 1 amide bonds. The molecule has 2 aromatic carbocycles. The molecular formula is C30H30FN5O2S. The van der Waals surface area contributed by atoms with Gasteiger partial charge in [0.15, 0.2) is 5.11 Å². The van der Waals surface area contributed by atoms with E-state index in [-0.39, 0.29) is 30.2 Å². The molecule has 1 fully saturated rings. The van der Waals surface area contributed by atoms with Gasteiger partial charge in [-0.3, -0.25) is 9.78 Å². The number of methoxy groups -OCH3 is 1. The van der Waals surface area contributed by atoms with E-state index in [0.717, 1.165) is 28.3 Å². The molecule has 0 unspecified atom stereocenters. The molecule has 0 aliphatic carbocycles. The highest BCUT2D eigenvalue weighted by atomic mass is 32.1. The summed E-state index contributed by atoms with van der Waals surface area (Å²) in [7, 11) is 1.57. The molecule has 0 radical (unpaired) electrons. The number of carbonyl (C=O) groups excluding carboxylic acids is 1. The Bertz CT molecular complexity index is 1490. The number of nitrogens with one attached hydrogen (secondary N) is 2. The second-order valence-electron chi connectivity index (χ2n) is 9.46. The number of para-hydroxylation sites is 2. The number of rotatable bonds is 8. The van der Waals surface area contributed by atoms with Gasteiger partial charge in [0.25, 0.3) is 0 Å². The van der Waals surface area contributed by atoms with Crippen LogP contribution in [0, 0.1) is 19.7 Å². The Kier molecular flexibility index (Phi) is 7.60. The fraction of sp³-hybridized carbons (Fsp3) is 0.233. The Balaban J connectivity index is 1.46. The Labute approximate surface area is 232 Å². The zero-order valence-electron chi connectivity index (χ0n) is 22.0. The number of hydrogen-bond donors (Lipinski definition) is 2. The zero-order chi connectivity index (χ0) is 27.5. The normalized spacial score (nSPS) is 16.7. The van der Waals surface area contributed by atoms with Gasteiger partial charge in [-0.05, 0) is 86.2 Å². The summed E-state index contributed by atoms with van der Waals surface area (Å²) < 4.78 is 21.1. The van der Waals surface area contributed by atoms with E-state index in [1.165, 1.54) is 12.1 Å². The molecule has 0 spiro atoms. The van der Waals surface area contributed by atoms with Crippen molar-refractivity contribution in [1.82, 2.24) is 19.8 Å².